The summed E-state index contributed by atoms with van der Waals surface area (Å²) < 4.78 is 10.7. The molecule has 5 nitrogen and oxygen atoms in total. The molecule has 0 aliphatic heterocycles. The van der Waals surface area contributed by atoms with Crippen LogP contribution in [0.5, 0.6) is 11.5 Å². The summed E-state index contributed by atoms with van der Waals surface area (Å²) in [5.74, 6) is 0.948. The maximum absolute atomic E-state index is 12.3. The minimum absolute atomic E-state index is 0.0542. The smallest absolute Gasteiger partial charge is 0.253 e. The van der Waals surface area contributed by atoms with Crippen LogP contribution in [0.25, 0.3) is 0 Å². The van der Waals surface area contributed by atoms with Crippen molar-refractivity contribution in [1.29, 1.82) is 0 Å². The highest BCUT2D eigenvalue weighted by molar-refractivity contribution is 6.30. The Hall–Kier alpha value is -2.24. The van der Waals surface area contributed by atoms with Crippen molar-refractivity contribution in [3.05, 3.63) is 59.1 Å². The first-order valence-corrected chi connectivity index (χ1v) is 7.84. The number of para-hydroxylation sites is 2. The van der Waals surface area contributed by atoms with Gasteiger partial charge in [0.05, 0.1) is 7.11 Å². The Labute approximate surface area is 146 Å². The molecular weight excluding hydrogens is 330 g/mol. The monoisotopic (exact) mass is 349 g/mol. The number of benzene rings is 2. The number of hydrogen-bond acceptors (Lipinski definition) is 4. The van der Waals surface area contributed by atoms with Crippen LogP contribution in [0.15, 0.2) is 48.5 Å². The highest BCUT2D eigenvalue weighted by Crippen LogP contribution is 2.25. The van der Waals surface area contributed by atoms with Gasteiger partial charge in [-0.2, -0.15) is 0 Å². The van der Waals surface area contributed by atoms with Crippen LogP contribution in [0.4, 0.5) is 0 Å². The van der Waals surface area contributed by atoms with E-state index in [1.54, 1.807) is 50.6 Å². The van der Waals surface area contributed by atoms with E-state index in [9.17, 15) is 9.90 Å². The summed E-state index contributed by atoms with van der Waals surface area (Å²) in [5.41, 5.74) is 0.514. The van der Waals surface area contributed by atoms with E-state index in [2.05, 4.69) is 0 Å². The van der Waals surface area contributed by atoms with Crippen LogP contribution >= 0.6 is 11.6 Å². The van der Waals surface area contributed by atoms with Crippen molar-refractivity contribution in [2.75, 3.05) is 27.3 Å². The van der Waals surface area contributed by atoms with Crippen LogP contribution in [-0.2, 0) is 0 Å². The molecular formula is C18H20ClNO4. The molecule has 1 atom stereocenters. The lowest BCUT2D eigenvalue weighted by Gasteiger charge is -2.21. The predicted octanol–water partition coefficient (Wildman–Crippen LogP) is 2.86. The fourth-order valence-electron chi connectivity index (χ4n) is 2.19. The molecule has 0 fully saturated rings. The number of hydrogen-bond donors (Lipinski definition) is 1. The third-order valence-corrected chi connectivity index (χ3v) is 3.67. The van der Waals surface area contributed by atoms with Gasteiger partial charge in [0.15, 0.2) is 11.5 Å². The first-order valence-electron chi connectivity index (χ1n) is 7.46. The molecule has 1 N–H and O–H groups in total. The van der Waals surface area contributed by atoms with E-state index < -0.39 is 6.10 Å². The minimum atomic E-state index is -0.823. The molecule has 0 radical (unpaired) electrons. The number of likely N-dealkylation sites (N-methyl/N-ethyl adjacent to an activating group) is 1. The number of carbonyl (C=O) groups is 1. The Morgan fingerprint density at radius 1 is 1.17 bits per heavy atom. The highest BCUT2D eigenvalue weighted by atomic mass is 35.5. The molecule has 2 aromatic rings. The van der Waals surface area contributed by atoms with Gasteiger partial charge in [-0.25, -0.2) is 0 Å². The van der Waals surface area contributed by atoms with Crippen molar-refractivity contribution in [2.24, 2.45) is 0 Å². The largest absolute Gasteiger partial charge is 0.493 e. The summed E-state index contributed by atoms with van der Waals surface area (Å²) in [5, 5.41) is 10.7. The number of aliphatic hydroxyl groups excluding tert-OH is 1. The number of rotatable bonds is 7. The number of amides is 1. The van der Waals surface area contributed by atoms with Gasteiger partial charge < -0.3 is 19.5 Å². The maximum Gasteiger partial charge on any atom is 0.253 e. The van der Waals surface area contributed by atoms with Crippen molar-refractivity contribution < 1.29 is 19.4 Å². The molecule has 0 aliphatic rings. The number of halogens is 1. The summed E-state index contributed by atoms with van der Waals surface area (Å²) in [4.78, 5) is 13.7. The fourth-order valence-corrected chi connectivity index (χ4v) is 2.31. The molecule has 0 saturated carbocycles. The standard InChI is InChI=1S/C18H20ClNO4/c1-20(18(22)13-7-9-14(19)10-8-13)11-15(21)12-24-17-6-4-3-5-16(17)23-2/h3-10,15,21H,11-12H2,1-2H3/t15-/m1/s1. The third-order valence-electron chi connectivity index (χ3n) is 3.42. The lowest BCUT2D eigenvalue weighted by Crippen LogP contribution is -2.37. The van der Waals surface area contributed by atoms with E-state index in [4.69, 9.17) is 21.1 Å². The Bertz CT molecular complexity index is 675. The number of carbonyl (C=O) groups excluding carboxylic acids is 1. The predicted molar refractivity (Wildman–Crippen MR) is 92.9 cm³/mol. The molecule has 0 aromatic heterocycles. The Balaban J connectivity index is 1.88. The fraction of sp³-hybridized carbons (Fsp3) is 0.278. The Kier molecular flexibility index (Phi) is 6.46. The van der Waals surface area contributed by atoms with Crippen molar-refractivity contribution in [3.8, 4) is 11.5 Å². The molecule has 1 amide bonds. The lowest BCUT2D eigenvalue weighted by atomic mass is 10.2. The van der Waals surface area contributed by atoms with E-state index in [-0.39, 0.29) is 19.1 Å². The SMILES string of the molecule is COc1ccccc1OC[C@H](O)CN(C)C(=O)c1ccc(Cl)cc1. The topological polar surface area (TPSA) is 59.0 Å². The molecule has 0 saturated heterocycles. The van der Waals surface area contributed by atoms with Crippen LogP contribution < -0.4 is 9.47 Å². The summed E-state index contributed by atoms with van der Waals surface area (Å²) in [6.07, 6.45) is -0.823. The van der Waals surface area contributed by atoms with Gasteiger partial charge in [-0.1, -0.05) is 23.7 Å². The van der Waals surface area contributed by atoms with Crippen LogP contribution in [0, 0.1) is 0 Å². The van der Waals surface area contributed by atoms with Gasteiger partial charge in [0, 0.05) is 24.2 Å². The summed E-state index contributed by atoms with van der Waals surface area (Å²) in [6.45, 7) is 0.204. The second-order valence-electron chi connectivity index (χ2n) is 5.31. The van der Waals surface area contributed by atoms with Gasteiger partial charge >= 0.3 is 0 Å². The molecule has 24 heavy (non-hydrogen) atoms. The Morgan fingerprint density at radius 2 is 1.79 bits per heavy atom. The van der Waals surface area contributed by atoms with Gasteiger partial charge in [0.25, 0.3) is 5.91 Å². The van der Waals surface area contributed by atoms with Crippen LogP contribution in [0.3, 0.4) is 0 Å². The third kappa shape index (κ3) is 4.88. The van der Waals surface area contributed by atoms with Crippen molar-refractivity contribution >= 4 is 17.5 Å². The second-order valence-corrected chi connectivity index (χ2v) is 5.74. The molecule has 2 rings (SSSR count). The van der Waals surface area contributed by atoms with Gasteiger partial charge in [0.2, 0.25) is 0 Å². The van der Waals surface area contributed by atoms with E-state index in [0.717, 1.165) is 0 Å². The second kappa shape index (κ2) is 8.57. The summed E-state index contributed by atoms with van der Waals surface area (Å²) >= 11 is 5.81. The van der Waals surface area contributed by atoms with E-state index >= 15 is 0 Å². The van der Waals surface area contributed by atoms with Crippen molar-refractivity contribution in [3.63, 3.8) is 0 Å². The zero-order valence-corrected chi connectivity index (χ0v) is 14.4. The molecule has 0 heterocycles. The first kappa shape index (κ1) is 18.1. The van der Waals surface area contributed by atoms with Crippen molar-refractivity contribution in [1.82, 2.24) is 4.90 Å². The number of aliphatic hydroxyl groups is 1. The van der Waals surface area contributed by atoms with Crippen molar-refractivity contribution in [2.45, 2.75) is 6.10 Å². The average Bonchev–Trinajstić information content (AvgIpc) is 2.60. The minimum Gasteiger partial charge on any atom is -0.493 e. The molecule has 0 spiro atoms. The van der Waals surface area contributed by atoms with Crippen LogP contribution in [0.1, 0.15) is 10.4 Å². The first-order chi connectivity index (χ1) is 11.5. The molecule has 0 aliphatic carbocycles. The Morgan fingerprint density at radius 3 is 2.42 bits per heavy atom. The molecule has 2 aromatic carbocycles. The normalized spacial score (nSPS) is 11.7. The van der Waals surface area contributed by atoms with Crippen LogP contribution in [0.2, 0.25) is 5.02 Å². The molecule has 128 valence electrons. The van der Waals surface area contributed by atoms with E-state index in [1.807, 2.05) is 12.1 Å². The highest BCUT2D eigenvalue weighted by Gasteiger charge is 2.16. The maximum atomic E-state index is 12.3. The number of nitrogens with zero attached hydrogens (tertiary/aromatic N) is 1. The quantitative estimate of drug-likeness (QED) is 0.835. The van der Waals surface area contributed by atoms with E-state index in [0.29, 0.717) is 22.1 Å². The molecule has 0 unspecified atom stereocenters. The lowest BCUT2D eigenvalue weighted by molar-refractivity contribution is 0.0559. The number of ether oxygens (including phenoxy) is 2. The number of methoxy groups -OCH3 is 1. The van der Waals surface area contributed by atoms with Gasteiger partial charge in [0.1, 0.15) is 12.7 Å². The summed E-state index contributed by atoms with van der Waals surface area (Å²) in [7, 11) is 3.18. The van der Waals surface area contributed by atoms with Crippen LogP contribution in [-0.4, -0.2) is 49.3 Å². The summed E-state index contributed by atoms with van der Waals surface area (Å²) in [6, 6.07) is 13.8. The molecule has 0 bridgehead atoms. The zero-order valence-electron chi connectivity index (χ0n) is 13.6. The van der Waals surface area contributed by atoms with E-state index in [1.165, 1.54) is 4.90 Å². The average molecular weight is 350 g/mol. The van der Waals surface area contributed by atoms with Gasteiger partial charge in [-0.15, -0.1) is 0 Å². The van der Waals surface area contributed by atoms with Gasteiger partial charge in [-0.05, 0) is 36.4 Å². The van der Waals surface area contributed by atoms with Gasteiger partial charge in [-0.3, -0.25) is 4.79 Å². The molecule has 6 heteroatoms. The zero-order chi connectivity index (χ0) is 17.5.